The molecule has 44 heavy (non-hydrogen) atoms. The molecule has 0 saturated carbocycles. The molecule has 1 N–H and O–H groups in total. The van der Waals surface area contributed by atoms with Crippen molar-refractivity contribution < 1.29 is 42.3 Å². The van der Waals surface area contributed by atoms with E-state index in [1.54, 1.807) is 23.0 Å². The molecular weight excluding hydrogens is 633 g/mol. The van der Waals surface area contributed by atoms with Crippen molar-refractivity contribution in [3.8, 4) is 5.69 Å². The first kappa shape index (κ1) is 28.8. The van der Waals surface area contributed by atoms with Gasteiger partial charge in [-0.15, -0.1) is 0 Å². The van der Waals surface area contributed by atoms with Gasteiger partial charge in [0.15, 0.2) is 21.3 Å². The molecule has 0 radical (unpaired) electrons. The lowest BCUT2D eigenvalue weighted by molar-refractivity contribution is -0.144. The maximum atomic E-state index is 13.4. The van der Waals surface area contributed by atoms with Gasteiger partial charge < -0.3 is 23.9 Å². The molecule has 4 aromatic rings. The molecule has 3 aliphatic heterocycles. The molecule has 1 spiro atoms. The number of nitrogens with zero attached hydrogens (tertiary/aromatic N) is 5. The Labute approximate surface area is 247 Å². The van der Waals surface area contributed by atoms with Crippen LogP contribution in [0.3, 0.4) is 0 Å². The number of halogens is 5. The summed E-state index contributed by atoms with van der Waals surface area (Å²) in [6, 6.07) is 5.71. The van der Waals surface area contributed by atoms with Crippen LogP contribution < -0.4 is 0 Å². The minimum absolute atomic E-state index is 0.0356. The fraction of sp³-hybridized carbons (Fsp3) is 0.296. The standard InChI is InChI=1S/C27H24F5N5O5S2/c1-17-11-36(16-33-17)23-7-2-18(22-10-34-41-24(22)23)8-19-9-26(14-43(39,40)15-26)12-37-25(19)35-42-27(37,13-38)20-3-5-21(6-4-20)44(28,29,30,31)32/h2-8,10-11,16,38H,9,12-15H2,1H3/b19-8+. The Morgan fingerprint density at radius 3 is 2.43 bits per heavy atom. The summed E-state index contributed by atoms with van der Waals surface area (Å²) in [6.07, 6.45) is 7.02. The summed E-state index contributed by atoms with van der Waals surface area (Å²) >= 11 is 0. The van der Waals surface area contributed by atoms with Crippen LogP contribution in [0.5, 0.6) is 0 Å². The molecule has 2 saturated heterocycles. The first-order valence-electron chi connectivity index (χ1n) is 13.2. The molecule has 1 atom stereocenters. The maximum Gasteiger partial charge on any atom is 0.310 e. The number of piperidine rings is 1. The molecule has 0 aliphatic carbocycles. The third-order valence-corrected chi connectivity index (χ3v) is 11.5. The number of rotatable bonds is 5. The minimum atomic E-state index is -9.96. The summed E-state index contributed by atoms with van der Waals surface area (Å²) in [4.78, 5) is 9.36. The van der Waals surface area contributed by atoms with Crippen molar-refractivity contribution in [1.82, 2.24) is 19.6 Å². The zero-order chi connectivity index (χ0) is 31.4. The summed E-state index contributed by atoms with van der Waals surface area (Å²) < 4.78 is 99.1. The van der Waals surface area contributed by atoms with E-state index in [2.05, 4.69) is 15.3 Å². The molecule has 2 fully saturated rings. The highest BCUT2D eigenvalue weighted by Gasteiger charge is 2.66. The van der Waals surface area contributed by atoms with Crippen molar-refractivity contribution >= 4 is 42.9 Å². The Hall–Kier alpha value is -3.96. The summed E-state index contributed by atoms with van der Waals surface area (Å²) in [5, 5.41) is 19.3. The van der Waals surface area contributed by atoms with E-state index in [-0.39, 0.29) is 48.0 Å². The second kappa shape index (κ2) is 8.39. The number of hydrogen-bond acceptors (Lipinski definition) is 9. The molecule has 234 valence electrons. The van der Waals surface area contributed by atoms with E-state index in [1.165, 1.54) is 11.1 Å². The van der Waals surface area contributed by atoms with Gasteiger partial charge in [0.05, 0.1) is 40.8 Å². The van der Waals surface area contributed by atoms with Gasteiger partial charge >= 0.3 is 10.2 Å². The average Bonchev–Trinajstić information content (AvgIpc) is 3.66. The van der Waals surface area contributed by atoms with Crippen LogP contribution in [0.15, 0.2) is 75.3 Å². The van der Waals surface area contributed by atoms with E-state index in [1.807, 2.05) is 19.2 Å². The lowest BCUT2D eigenvalue weighted by Gasteiger charge is -2.51. The Morgan fingerprint density at radius 1 is 1.09 bits per heavy atom. The second-order valence-corrected chi connectivity index (χ2v) is 16.0. The van der Waals surface area contributed by atoms with Crippen LogP contribution in [-0.2, 0) is 20.4 Å². The van der Waals surface area contributed by atoms with E-state index in [0.29, 0.717) is 27.8 Å². The van der Waals surface area contributed by atoms with Gasteiger partial charge in [0.1, 0.15) is 11.5 Å². The van der Waals surface area contributed by atoms with Crippen LogP contribution in [0.1, 0.15) is 23.2 Å². The van der Waals surface area contributed by atoms with Gasteiger partial charge in [-0.05, 0) is 48.8 Å². The zero-order valence-electron chi connectivity index (χ0n) is 22.8. The van der Waals surface area contributed by atoms with Crippen molar-refractivity contribution in [1.29, 1.82) is 0 Å². The number of hydrogen-bond donors (Lipinski definition) is 1. The third-order valence-electron chi connectivity index (χ3n) is 8.19. The molecule has 7 rings (SSSR count). The number of aryl methyl sites for hydroxylation is 1. The topological polar surface area (TPSA) is 123 Å². The van der Waals surface area contributed by atoms with Gasteiger partial charge in [-0.1, -0.05) is 47.9 Å². The molecule has 0 amide bonds. The van der Waals surface area contributed by atoms with Crippen molar-refractivity contribution in [3.63, 3.8) is 0 Å². The van der Waals surface area contributed by atoms with Crippen molar-refractivity contribution in [3.05, 3.63) is 77.5 Å². The highest BCUT2D eigenvalue weighted by atomic mass is 32.5. The van der Waals surface area contributed by atoms with Gasteiger partial charge in [-0.3, -0.25) is 0 Å². The normalized spacial score (nSPS) is 24.8. The van der Waals surface area contributed by atoms with Crippen molar-refractivity contribution in [2.24, 2.45) is 10.6 Å². The minimum Gasteiger partial charge on any atom is -0.390 e. The van der Waals surface area contributed by atoms with Crippen molar-refractivity contribution in [2.75, 3.05) is 24.7 Å². The summed E-state index contributed by atoms with van der Waals surface area (Å²) in [7, 11) is -13.3. The average molecular weight is 658 g/mol. The molecular formula is C27H24F5N5O5S2. The number of benzene rings is 2. The van der Waals surface area contributed by atoms with E-state index < -0.39 is 42.7 Å². The largest absolute Gasteiger partial charge is 0.390 e. The molecule has 3 aliphatic rings. The Bertz CT molecular complexity index is 2010. The summed E-state index contributed by atoms with van der Waals surface area (Å²) in [5.74, 6) is -0.120. The Kier molecular flexibility index (Phi) is 5.49. The fourth-order valence-electron chi connectivity index (χ4n) is 6.32. The molecule has 17 heteroatoms. The van der Waals surface area contributed by atoms with Crippen LogP contribution in [-0.4, -0.2) is 63.6 Å². The SMILES string of the molecule is Cc1cn(-c2ccc(/C=C3\CC4(CN5C3=NOC5(CO)c3ccc(S(F)(F)(F)(F)F)cc3)CS(=O)(=O)C4)c3cnoc23)cn1. The molecule has 0 bridgehead atoms. The fourth-order valence-corrected chi connectivity index (χ4v) is 9.14. The van der Waals surface area contributed by atoms with E-state index >= 15 is 0 Å². The number of amidine groups is 1. The van der Waals surface area contributed by atoms with Gasteiger partial charge in [0.25, 0.3) is 5.72 Å². The Morgan fingerprint density at radius 2 is 1.82 bits per heavy atom. The number of aliphatic hydroxyl groups is 1. The van der Waals surface area contributed by atoms with Crippen LogP contribution in [0, 0.1) is 12.3 Å². The summed E-state index contributed by atoms with van der Waals surface area (Å²) in [5.41, 5.74) is 0.369. The van der Waals surface area contributed by atoms with E-state index in [4.69, 9.17) is 9.36 Å². The van der Waals surface area contributed by atoms with E-state index in [9.17, 15) is 33.0 Å². The number of aliphatic hydroxyl groups excluding tert-OH is 1. The smallest absolute Gasteiger partial charge is 0.310 e. The lowest BCUT2D eigenvalue weighted by atomic mass is 9.78. The van der Waals surface area contributed by atoms with Crippen LogP contribution in [0.4, 0.5) is 19.4 Å². The molecule has 10 nitrogen and oxygen atoms in total. The number of fused-ring (bicyclic) bond motifs is 2. The van der Waals surface area contributed by atoms with Crippen LogP contribution in [0.25, 0.3) is 22.7 Å². The first-order valence-corrected chi connectivity index (χ1v) is 17.0. The maximum absolute atomic E-state index is 13.4. The molecule has 2 aromatic carbocycles. The van der Waals surface area contributed by atoms with Gasteiger partial charge in [-0.2, -0.15) is 0 Å². The molecule has 2 aromatic heterocycles. The second-order valence-electron chi connectivity index (χ2n) is 11.6. The highest BCUT2D eigenvalue weighted by molar-refractivity contribution is 8.45. The number of sulfone groups is 1. The number of aromatic nitrogens is 3. The van der Waals surface area contributed by atoms with E-state index in [0.717, 1.165) is 17.8 Å². The quantitative estimate of drug-likeness (QED) is 0.273. The third kappa shape index (κ3) is 4.56. The van der Waals surface area contributed by atoms with Crippen LogP contribution >= 0.6 is 10.2 Å². The van der Waals surface area contributed by atoms with Gasteiger partial charge in [0, 0.05) is 23.7 Å². The lowest BCUT2D eigenvalue weighted by Crippen LogP contribution is -2.63. The predicted molar refractivity (Wildman–Crippen MR) is 151 cm³/mol. The Balaban J connectivity index is 1.32. The number of imidazole rings is 1. The molecule has 5 heterocycles. The van der Waals surface area contributed by atoms with Crippen molar-refractivity contribution in [2.45, 2.75) is 24.0 Å². The monoisotopic (exact) mass is 657 g/mol. The zero-order valence-corrected chi connectivity index (χ0v) is 24.5. The van der Waals surface area contributed by atoms with Gasteiger partial charge in [-0.25, -0.2) is 13.4 Å². The predicted octanol–water partition coefficient (Wildman–Crippen LogP) is 5.67. The number of oxime groups is 1. The van der Waals surface area contributed by atoms with Crippen LogP contribution in [0.2, 0.25) is 0 Å². The summed E-state index contributed by atoms with van der Waals surface area (Å²) in [6.45, 7) is 1.06. The first-order chi connectivity index (χ1) is 20.4. The highest BCUT2D eigenvalue weighted by Crippen LogP contribution is 3.02. The van der Waals surface area contributed by atoms with Gasteiger partial charge in [0.2, 0.25) is 0 Å². The molecule has 1 unspecified atom stereocenters.